The monoisotopic (exact) mass is 354 g/mol. The molecule has 128 valence electrons. The van der Waals surface area contributed by atoms with E-state index in [-0.39, 0.29) is 18.4 Å². The van der Waals surface area contributed by atoms with Crippen LogP contribution in [0.4, 0.5) is 0 Å². The Hall–Kier alpha value is -2.78. The van der Waals surface area contributed by atoms with Crippen LogP contribution in [0.1, 0.15) is 44.1 Å². The highest BCUT2D eigenvalue weighted by Crippen LogP contribution is 2.49. The second-order valence-electron chi connectivity index (χ2n) is 5.78. The molecule has 0 saturated carbocycles. The van der Waals surface area contributed by atoms with Gasteiger partial charge in [0, 0.05) is 4.88 Å². The summed E-state index contributed by atoms with van der Waals surface area (Å²) in [5.74, 6) is -0.346. The van der Waals surface area contributed by atoms with E-state index < -0.39 is 5.97 Å². The fourth-order valence-electron chi connectivity index (χ4n) is 2.91. The number of carbonyl (C=O) groups is 1. The first kappa shape index (κ1) is 17.1. The molecule has 0 fully saturated rings. The van der Waals surface area contributed by atoms with Crippen LogP contribution in [0, 0.1) is 25.2 Å². The van der Waals surface area contributed by atoms with Crippen LogP contribution in [0.3, 0.4) is 0 Å². The van der Waals surface area contributed by atoms with Gasteiger partial charge in [-0.3, -0.25) is 0 Å². The van der Waals surface area contributed by atoms with Crippen molar-refractivity contribution in [3.63, 3.8) is 0 Å². The standard InChI is InChI=1S/C19H18N2O3S/c1-4-23-19(22)14-11(3)25-17-15(12-7-5-10(2)6-8-12)13(9-20)18(21)24-16(14)17/h5-8,15H,4,21H2,1-3H3. The SMILES string of the molecule is CCOC(=O)c1c(C)sc2c1OC(N)=C(C#N)C2c1ccc(C)cc1. The number of rotatable bonds is 3. The Morgan fingerprint density at radius 3 is 2.64 bits per heavy atom. The molecule has 5 nitrogen and oxygen atoms in total. The number of aryl methyl sites for hydroxylation is 2. The highest BCUT2D eigenvalue weighted by atomic mass is 32.1. The van der Waals surface area contributed by atoms with E-state index in [1.165, 1.54) is 11.3 Å². The minimum Gasteiger partial charge on any atom is -0.462 e. The van der Waals surface area contributed by atoms with Gasteiger partial charge in [-0.15, -0.1) is 11.3 Å². The Morgan fingerprint density at radius 2 is 2.04 bits per heavy atom. The number of hydrogen-bond donors (Lipinski definition) is 1. The summed E-state index contributed by atoms with van der Waals surface area (Å²) in [4.78, 5) is 13.9. The summed E-state index contributed by atoms with van der Waals surface area (Å²) < 4.78 is 10.8. The highest BCUT2D eigenvalue weighted by molar-refractivity contribution is 7.12. The Bertz CT molecular complexity index is 904. The number of nitriles is 1. The molecule has 1 aromatic heterocycles. The predicted molar refractivity (Wildman–Crippen MR) is 95.5 cm³/mol. The topological polar surface area (TPSA) is 85.3 Å². The lowest BCUT2D eigenvalue weighted by atomic mass is 9.88. The molecule has 0 amide bonds. The molecule has 25 heavy (non-hydrogen) atoms. The molecule has 6 heteroatoms. The van der Waals surface area contributed by atoms with Crippen molar-refractivity contribution in [3.05, 3.63) is 62.2 Å². The van der Waals surface area contributed by atoms with E-state index in [0.717, 1.165) is 20.9 Å². The maximum absolute atomic E-state index is 12.3. The third-order valence-electron chi connectivity index (χ3n) is 4.10. The van der Waals surface area contributed by atoms with Gasteiger partial charge in [-0.25, -0.2) is 4.79 Å². The van der Waals surface area contributed by atoms with Gasteiger partial charge in [0.25, 0.3) is 0 Å². The van der Waals surface area contributed by atoms with Gasteiger partial charge in [0.05, 0.1) is 17.4 Å². The van der Waals surface area contributed by atoms with Gasteiger partial charge in [-0.1, -0.05) is 29.8 Å². The van der Waals surface area contributed by atoms with Crippen LogP contribution in [0.5, 0.6) is 5.75 Å². The third kappa shape index (κ3) is 2.87. The van der Waals surface area contributed by atoms with E-state index in [9.17, 15) is 10.1 Å². The van der Waals surface area contributed by atoms with Crippen LogP contribution in [0.25, 0.3) is 0 Å². The van der Waals surface area contributed by atoms with Crippen molar-refractivity contribution >= 4 is 17.3 Å². The normalized spacial score (nSPS) is 16.0. The van der Waals surface area contributed by atoms with Crippen molar-refractivity contribution < 1.29 is 14.3 Å². The van der Waals surface area contributed by atoms with Gasteiger partial charge < -0.3 is 15.2 Å². The van der Waals surface area contributed by atoms with E-state index in [1.54, 1.807) is 6.92 Å². The van der Waals surface area contributed by atoms with Crippen molar-refractivity contribution in [1.82, 2.24) is 0 Å². The molecule has 1 unspecified atom stereocenters. The summed E-state index contributed by atoms with van der Waals surface area (Å²) in [6, 6.07) is 10.1. The summed E-state index contributed by atoms with van der Waals surface area (Å²) >= 11 is 1.43. The van der Waals surface area contributed by atoms with Crippen LogP contribution in [0.2, 0.25) is 0 Å². The van der Waals surface area contributed by atoms with Gasteiger partial charge >= 0.3 is 5.97 Å². The van der Waals surface area contributed by atoms with Crippen molar-refractivity contribution in [2.75, 3.05) is 6.61 Å². The molecule has 2 aromatic rings. The first-order chi connectivity index (χ1) is 12.0. The number of ether oxygens (including phenoxy) is 2. The molecule has 1 aromatic carbocycles. The Kier molecular flexibility index (Phi) is 4.51. The molecular formula is C19H18N2O3S. The number of fused-ring (bicyclic) bond motifs is 1. The van der Waals surface area contributed by atoms with Crippen molar-refractivity contribution in [2.24, 2.45) is 5.73 Å². The first-order valence-corrected chi connectivity index (χ1v) is 8.74. The zero-order valence-electron chi connectivity index (χ0n) is 14.3. The zero-order chi connectivity index (χ0) is 18.1. The minimum atomic E-state index is -0.437. The molecule has 0 aliphatic carbocycles. The van der Waals surface area contributed by atoms with Gasteiger partial charge in [0.1, 0.15) is 17.2 Å². The van der Waals surface area contributed by atoms with Crippen LogP contribution in [-0.2, 0) is 4.74 Å². The average molecular weight is 354 g/mol. The lowest BCUT2D eigenvalue weighted by Gasteiger charge is -2.24. The molecule has 0 radical (unpaired) electrons. The average Bonchev–Trinajstić information content (AvgIpc) is 2.90. The smallest absolute Gasteiger partial charge is 0.343 e. The molecule has 2 N–H and O–H groups in total. The number of allylic oxidation sites excluding steroid dienone is 1. The maximum Gasteiger partial charge on any atom is 0.343 e. The van der Waals surface area contributed by atoms with Crippen molar-refractivity contribution in [3.8, 4) is 11.8 Å². The molecule has 1 aliphatic heterocycles. The van der Waals surface area contributed by atoms with Gasteiger partial charge in [0.2, 0.25) is 5.88 Å². The number of benzene rings is 1. The zero-order valence-corrected chi connectivity index (χ0v) is 15.1. The molecule has 1 atom stereocenters. The summed E-state index contributed by atoms with van der Waals surface area (Å²) in [5.41, 5.74) is 8.81. The van der Waals surface area contributed by atoms with Gasteiger partial charge in [-0.2, -0.15) is 5.26 Å². The van der Waals surface area contributed by atoms with E-state index in [4.69, 9.17) is 15.2 Å². The number of nitrogens with zero attached hydrogens (tertiary/aromatic N) is 1. The summed E-state index contributed by atoms with van der Waals surface area (Å²) in [6.45, 7) is 5.87. The molecule has 0 bridgehead atoms. The fourth-order valence-corrected chi connectivity index (χ4v) is 4.13. The predicted octanol–water partition coefficient (Wildman–Crippen LogP) is 3.76. The number of thiophene rings is 1. The van der Waals surface area contributed by atoms with Crippen molar-refractivity contribution in [2.45, 2.75) is 26.7 Å². The van der Waals surface area contributed by atoms with Crippen LogP contribution in [-0.4, -0.2) is 12.6 Å². The minimum absolute atomic E-state index is 0.0314. The molecule has 1 aliphatic rings. The molecular weight excluding hydrogens is 336 g/mol. The summed E-state index contributed by atoms with van der Waals surface area (Å²) in [7, 11) is 0. The fraction of sp³-hybridized carbons (Fsp3) is 0.263. The second-order valence-corrected chi connectivity index (χ2v) is 7.04. The number of nitrogens with two attached hydrogens (primary N) is 1. The largest absolute Gasteiger partial charge is 0.462 e. The molecule has 0 spiro atoms. The second kappa shape index (κ2) is 6.61. The Morgan fingerprint density at radius 1 is 1.36 bits per heavy atom. The van der Waals surface area contributed by atoms with E-state index in [2.05, 4.69) is 6.07 Å². The van der Waals surface area contributed by atoms with E-state index in [1.807, 2.05) is 38.1 Å². The number of carbonyl (C=O) groups excluding carboxylic acids is 1. The highest BCUT2D eigenvalue weighted by Gasteiger charge is 2.37. The van der Waals surface area contributed by atoms with Gasteiger partial charge in [0.15, 0.2) is 5.75 Å². The van der Waals surface area contributed by atoms with Gasteiger partial charge in [-0.05, 0) is 26.3 Å². The van der Waals surface area contributed by atoms with Crippen LogP contribution >= 0.6 is 11.3 Å². The lowest BCUT2D eigenvalue weighted by Crippen LogP contribution is -2.21. The first-order valence-electron chi connectivity index (χ1n) is 7.92. The van der Waals surface area contributed by atoms with Crippen LogP contribution < -0.4 is 10.5 Å². The maximum atomic E-state index is 12.3. The van der Waals surface area contributed by atoms with E-state index >= 15 is 0 Å². The van der Waals surface area contributed by atoms with Crippen molar-refractivity contribution in [1.29, 1.82) is 5.26 Å². The third-order valence-corrected chi connectivity index (χ3v) is 5.26. The number of hydrogen-bond acceptors (Lipinski definition) is 6. The van der Waals surface area contributed by atoms with Crippen LogP contribution in [0.15, 0.2) is 35.7 Å². The quantitative estimate of drug-likeness (QED) is 0.848. The number of esters is 1. The summed E-state index contributed by atoms with van der Waals surface area (Å²) in [5, 5.41) is 9.59. The Labute approximate surface area is 150 Å². The molecule has 0 saturated heterocycles. The lowest BCUT2D eigenvalue weighted by molar-refractivity contribution is 0.0522. The van der Waals surface area contributed by atoms with E-state index in [0.29, 0.717) is 16.9 Å². The summed E-state index contributed by atoms with van der Waals surface area (Å²) in [6.07, 6.45) is 0. The molecule has 2 heterocycles. The molecule has 3 rings (SSSR count). The Balaban J connectivity index is 2.20.